The molecule has 0 aliphatic rings. The molecule has 4 aromatic rings. The molecule has 6 heteroatoms. The number of aryl methyl sites for hydroxylation is 1. The molecule has 0 fully saturated rings. The Morgan fingerprint density at radius 1 is 1.18 bits per heavy atom. The van der Waals surface area contributed by atoms with Crippen molar-refractivity contribution in [2.45, 2.75) is 20.3 Å². The van der Waals surface area contributed by atoms with Crippen molar-refractivity contribution in [1.82, 2.24) is 9.38 Å². The molecule has 4 nitrogen and oxygen atoms in total. The first kappa shape index (κ1) is 18.4. The summed E-state index contributed by atoms with van der Waals surface area (Å²) in [6.45, 7) is 4.61. The zero-order valence-electron chi connectivity index (χ0n) is 15.7. The Balaban J connectivity index is 1.61. The minimum atomic E-state index is -0.271. The van der Waals surface area contributed by atoms with Crippen LogP contribution >= 0.6 is 11.3 Å². The van der Waals surface area contributed by atoms with Crippen LogP contribution in [0.15, 0.2) is 60.1 Å². The summed E-state index contributed by atoms with van der Waals surface area (Å²) in [5.74, 6) is -0.222. The number of hydrogen-bond donors (Lipinski definition) is 0. The van der Waals surface area contributed by atoms with Gasteiger partial charge in [0.1, 0.15) is 5.82 Å². The zero-order valence-corrected chi connectivity index (χ0v) is 16.5. The number of aromatic nitrogens is 2. The van der Waals surface area contributed by atoms with E-state index in [1.807, 2.05) is 59.0 Å². The number of nitrogens with zero attached hydrogens (tertiary/aromatic N) is 3. The van der Waals surface area contributed by atoms with Gasteiger partial charge in [0, 0.05) is 35.1 Å². The Hall–Kier alpha value is -2.99. The Bertz CT molecular complexity index is 1130. The van der Waals surface area contributed by atoms with E-state index < -0.39 is 0 Å². The van der Waals surface area contributed by atoms with E-state index in [9.17, 15) is 9.18 Å². The zero-order chi connectivity index (χ0) is 19.7. The van der Waals surface area contributed by atoms with Crippen molar-refractivity contribution in [2.75, 3.05) is 11.4 Å². The molecule has 0 atom stereocenters. The summed E-state index contributed by atoms with van der Waals surface area (Å²) >= 11 is 1.50. The van der Waals surface area contributed by atoms with Gasteiger partial charge in [-0.25, -0.2) is 9.37 Å². The van der Waals surface area contributed by atoms with E-state index >= 15 is 0 Å². The summed E-state index contributed by atoms with van der Waals surface area (Å²) in [4.78, 5) is 20.3. The fraction of sp³-hybridized carbons (Fsp3) is 0.182. The van der Waals surface area contributed by atoms with Crippen molar-refractivity contribution in [3.8, 4) is 11.3 Å². The molecule has 4 rings (SSSR count). The summed E-state index contributed by atoms with van der Waals surface area (Å²) in [5, 5.41) is 1.97. The lowest BCUT2D eigenvalue weighted by atomic mass is 10.1. The molecule has 0 bridgehead atoms. The topological polar surface area (TPSA) is 37.6 Å². The fourth-order valence-electron chi connectivity index (χ4n) is 3.31. The first-order chi connectivity index (χ1) is 13.6. The second-order valence-electron chi connectivity index (χ2n) is 6.61. The van der Waals surface area contributed by atoms with E-state index in [0.29, 0.717) is 13.0 Å². The lowest BCUT2D eigenvalue weighted by molar-refractivity contribution is -0.118. The van der Waals surface area contributed by atoms with Gasteiger partial charge in [-0.2, -0.15) is 0 Å². The van der Waals surface area contributed by atoms with E-state index in [0.717, 1.165) is 33.2 Å². The quantitative estimate of drug-likeness (QED) is 0.473. The maximum atomic E-state index is 13.2. The SMILES string of the molecule is CCN(C(=O)Cc1csc2nc(-c3ccc(F)cc3)cn12)c1ccccc1C. The molecule has 0 spiro atoms. The third-order valence-corrected chi connectivity index (χ3v) is 5.67. The number of fused-ring (bicyclic) bond motifs is 1. The maximum absolute atomic E-state index is 13.2. The minimum absolute atomic E-state index is 0.0496. The molecular weight excluding hydrogens is 373 g/mol. The Morgan fingerprint density at radius 2 is 1.93 bits per heavy atom. The number of thiazole rings is 1. The number of rotatable bonds is 5. The molecule has 0 saturated carbocycles. The molecular formula is C22H20FN3OS. The van der Waals surface area contributed by atoms with E-state index in [2.05, 4.69) is 4.98 Å². The van der Waals surface area contributed by atoms with Crippen LogP contribution in [-0.4, -0.2) is 21.8 Å². The van der Waals surface area contributed by atoms with Crippen LogP contribution in [0.1, 0.15) is 18.2 Å². The summed E-state index contributed by atoms with van der Waals surface area (Å²) in [6, 6.07) is 14.2. The highest BCUT2D eigenvalue weighted by Gasteiger charge is 2.19. The summed E-state index contributed by atoms with van der Waals surface area (Å²) in [5.41, 5.74) is 4.54. The van der Waals surface area contributed by atoms with Crippen LogP contribution in [0, 0.1) is 12.7 Å². The van der Waals surface area contributed by atoms with E-state index in [1.165, 1.54) is 23.5 Å². The molecule has 2 heterocycles. The van der Waals surface area contributed by atoms with Crippen LogP contribution in [0.4, 0.5) is 10.1 Å². The van der Waals surface area contributed by atoms with E-state index in [1.54, 1.807) is 12.1 Å². The molecule has 2 aromatic heterocycles. The van der Waals surface area contributed by atoms with Crippen molar-refractivity contribution in [2.24, 2.45) is 0 Å². The van der Waals surface area contributed by atoms with Crippen LogP contribution in [-0.2, 0) is 11.2 Å². The molecule has 0 radical (unpaired) electrons. The van der Waals surface area contributed by atoms with Crippen molar-refractivity contribution in [3.05, 3.63) is 77.2 Å². The molecule has 0 saturated heterocycles. The number of carbonyl (C=O) groups excluding carboxylic acids is 1. The molecule has 28 heavy (non-hydrogen) atoms. The second kappa shape index (κ2) is 7.56. The van der Waals surface area contributed by atoms with Crippen LogP contribution in [0.25, 0.3) is 16.2 Å². The van der Waals surface area contributed by atoms with Crippen molar-refractivity contribution in [1.29, 1.82) is 0 Å². The highest BCUT2D eigenvalue weighted by Crippen LogP contribution is 2.25. The number of para-hydroxylation sites is 1. The number of anilines is 1. The third kappa shape index (κ3) is 3.43. The number of amides is 1. The van der Waals surface area contributed by atoms with Crippen LogP contribution in [0.2, 0.25) is 0 Å². The number of imidazole rings is 1. The number of benzene rings is 2. The van der Waals surface area contributed by atoms with Crippen LogP contribution in [0.3, 0.4) is 0 Å². The first-order valence-electron chi connectivity index (χ1n) is 9.14. The third-order valence-electron chi connectivity index (χ3n) is 4.78. The van der Waals surface area contributed by atoms with Gasteiger partial charge in [-0.15, -0.1) is 11.3 Å². The average Bonchev–Trinajstić information content (AvgIpc) is 3.26. The predicted octanol–water partition coefficient (Wildman–Crippen LogP) is 5.11. The highest BCUT2D eigenvalue weighted by atomic mass is 32.1. The number of hydrogen-bond acceptors (Lipinski definition) is 3. The summed E-state index contributed by atoms with van der Waals surface area (Å²) in [6.07, 6.45) is 2.20. The highest BCUT2D eigenvalue weighted by molar-refractivity contribution is 7.15. The molecule has 2 aromatic carbocycles. The Kier molecular flexibility index (Phi) is 4.96. The molecule has 0 aliphatic heterocycles. The van der Waals surface area contributed by atoms with E-state index in [4.69, 9.17) is 0 Å². The normalized spacial score (nSPS) is 11.1. The predicted molar refractivity (Wildman–Crippen MR) is 111 cm³/mol. The van der Waals surface area contributed by atoms with E-state index in [-0.39, 0.29) is 11.7 Å². The molecule has 0 unspecified atom stereocenters. The second-order valence-corrected chi connectivity index (χ2v) is 7.45. The monoisotopic (exact) mass is 393 g/mol. The Labute approximate surface area is 166 Å². The summed E-state index contributed by atoms with van der Waals surface area (Å²) in [7, 11) is 0. The average molecular weight is 393 g/mol. The molecule has 1 amide bonds. The summed E-state index contributed by atoms with van der Waals surface area (Å²) < 4.78 is 15.1. The van der Waals surface area contributed by atoms with Gasteiger partial charge >= 0.3 is 0 Å². The van der Waals surface area contributed by atoms with Crippen LogP contribution in [0.5, 0.6) is 0 Å². The lowest BCUT2D eigenvalue weighted by Crippen LogP contribution is -2.32. The number of likely N-dealkylation sites (N-methyl/N-ethyl adjacent to an activating group) is 1. The standard InChI is InChI=1S/C22H20FN3OS/c1-3-25(20-7-5-4-6-15(20)2)21(27)12-18-14-28-22-24-19(13-26(18)22)16-8-10-17(23)11-9-16/h4-11,13-14H,3,12H2,1-2H3. The van der Waals surface area contributed by atoms with Gasteiger partial charge in [0.25, 0.3) is 0 Å². The van der Waals surface area contributed by atoms with Gasteiger partial charge in [-0.3, -0.25) is 9.20 Å². The van der Waals surface area contributed by atoms with Gasteiger partial charge in [0.05, 0.1) is 12.1 Å². The molecule has 0 N–H and O–H groups in total. The number of carbonyl (C=O) groups is 1. The van der Waals surface area contributed by atoms with Crippen molar-refractivity contribution in [3.63, 3.8) is 0 Å². The molecule has 0 aliphatic carbocycles. The van der Waals surface area contributed by atoms with Crippen molar-refractivity contribution >= 4 is 27.9 Å². The van der Waals surface area contributed by atoms with Gasteiger partial charge < -0.3 is 4.90 Å². The smallest absolute Gasteiger partial charge is 0.232 e. The van der Waals surface area contributed by atoms with Crippen LogP contribution < -0.4 is 4.90 Å². The molecule has 142 valence electrons. The van der Waals surface area contributed by atoms with Gasteiger partial charge in [0.2, 0.25) is 5.91 Å². The largest absolute Gasteiger partial charge is 0.312 e. The fourth-order valence-corrected chi connectivity index (χ4v) is 4.19. The van der Waals surface area contributed by atoms with Crippen molar-refractivity contribution < 1.29 is 9.18 Å². The van der Waals surface area contributed by atoms with Gasteiger partial charge in [-0.1, -0.05) is 18.2 Å². The maximum Gasteiger partial charge on any atom is 0.232 e. The van der Waals surface area contributed by atoms with Gasteiger partial charge in [0.15, 0.2) is 4.96 Å². The first-order valence-corrected chi connectivity index (χ1v) is 10.0. The minimum Gasteiger partial charge on any atom is -0.312 e. The van der Waals surface area contributed by atoms with Gasteiger partial charge in [-0.05, 0) is 49.7 Å². The number of halogens is 1. The Morgan fingerprint density at radius 3 is 2.64 bits per heavy atom. The lowest BCUT2D eigenvalue weighted by Gasteiger charge is -2.22.